The molecule has 0 unspecified atom stereocenters. The molecule has 4 nitrogen and oxygen atoms in total. The predicted octanol–water partition coefficient (Wildman–Crippen LogP) is 4.28. The lowest BCUT2D eigenvalue weighted by molar-refractivity contribution is -0.137. The van der Waals surface area contributed by atoms with Crippen molar-refractivity contribution in [2.45, 2.75) is 19.1 Å². The van der Waals surface area contributed by atoms with E-state index in [2.05, 4.69) is 16.0 Å². The monoisotopic (exact) mass is 409 g/mol. The van der Waals surface area contributed by atoms with Gasteiger partial charge < -0.3 is 16.0 Å². The molecule has 0 saturated heterocycles. The zero-order valence-electron chi connectivity index (χ0n) is 14.5. The summed E-state index contributed by atoms with van der Waals surface area (Å²) < 4.78 is 52.9. The number of thiocarbonyl (C=S) groups is 1. The van der Waals surface area contributed by atoms with E-state index >= 15 is 0 Å². The number of hydrogen-bond donors (Lipinski definition) is 3. The Labute approximate surface area is 163 Å². The molecule has 1 aliphatic heterocycles. The van der Waals surface area contributed by atoms with Crippen LogP contribution in [-0.2, 0) is 11.0 Å². The number of nitrogens with one attached hydrogen (secondary N) is 3. The lowest BCUT2D eigenvalue weighted by atomic mass is 9.94. The lowest BCUT2D eigenvalue weighted by Crippen LogP contribution is -2.45. The summed E-state index contributed by atoms with van der Waals surface area (Å²) in [6.45, 7) is 1.59. The summed E-state index contributed by atoms with van der Waals surface area (Å²) in [5, 5.41) is 8.27. The number of hydrogen-bond acceptors (Lipinski definition) is 2. The van der Waals surface area contributed by atoms with E-state index in [9.17, 15) is 22.4 Å². The fraction of sp³-hybridized carbons (Fsp3) is 0.158. The van der Waals surface area contributed by atoms with Gasteiger partial charge in [0, 0.05) is 5.70 Å². The van der Waals surface area contributed by atoms with Crippen LogP contribution >= 0.6 is 12.2 Å². The van der Waals surface area contributed by atoms with E-state index in [0.717, 1.165) is 6.07 Å². The van der Waals surface area contributed by atoms with Gasteiger partial charge in [-0.05, 0) is 49.0 Å². The van der Waals surface area contributed by atoms with Gasteiger partial charge >= 0.3 is 6.18 Å². The second kappa shape index (κ2) is 7.59. The summed E-state index contributed by atoms with van der Waals surface area (Å²) in [4.78, 5) is 12.9. The summed E-state index contributed by atoms with van der Waals surface area (Å²) in [7, 11) is 0. The van der Waals surface area contributed by atoms with Crippen LogP contribution in [0.2, 0.25) is 0 Å². The van der Waals surface area contributed by atoms with Crippen molar-refractivity contribution in [2.75, 3.05) is 5.32 Å². The highest BCUT2D eigenvalue weighted by Gasteiger charge is 2.35. The summed E-state index contributed by atoms with van der Waals surface area (Å²) in [6.07, 6.45) is -4.62. The molecule has 28 heavy (non-hydrogen) atoms. The van der Waals surface area contributed by atoms with Crippen LogP contribution in [0.25, 0.3) is 0 Å². The predicted molar refractivity (Wildman–Crippen MR) is 101 cm³/mol. The Balaban J connectivity index is 1.98. The molecule has 0 bridgehead atoms. The maximum Gasteiger partial charge on any atom is 0.418 e. The van der Waals surface area contributed by atoms with Crippen LogP contribution < -0.4 is 16.0 Å². The summed E-state index contributed by atoms with van der Waals surface area (Å²) in [6, 6.07) is 9.38. The van der Waals surface area contributed by atoms with E-state index in [-0.39, 0.29) is 16.4 Å². The Morgan fingerprint density at radius 2 is 1.75 bits per heavy atom. The maximum absolute atomic E-state index is 13.3. The van der Waals surface area contributed by atoms with Gasteiger partial charge in [-0.25, -0.2) is 4.39 Å². The van der Waals surface area contributed by atoms with Gasteiger partial charge in [0.15, 0.2) is 5.11 Å². The first-order chi connectivity index (χ1) is 13.2. The lowest BCUT2D eigenvalue weighted by Gasteiger charge is -2.30. The van der Waals surface area contributed by atoms with Gasteiger partial charge in [-0.2, -0.15) is 13.2 Å². The van der Waals surface area contributed by atoms with E-state index < -0.39 is 29.5 Å². The Kier molecular flexibility index (Phi) is 5.37. The molecule has 1 atom stereocenters. The molecule has 2 aromatic carbocycles. The second-order valence-corrected chi connectivity index (χ2v) is 6.53. The van der Waals surface area contributed by atoms with Gasteiger partial charge in [0.1, 0.15) is 5.82 Å². The number of benzene rings is 2. The van der Waals surface area contributed by atoms with E-state index in [0.29, 0.717) is 11.3 Å². The Morgan fingerprint density at radius 3 is 2.39 bits per heavy atom. The van der Waals surface area contributed by atoms with Crippen molar-refractivity contribution in [3.63, 3.8) is 0 Å². The van der Waals surface area contributed by atoms with Gasteiger partial charge in [-0.1, -0.05) is 24.3 Å². The average molecular weight is 409 g/mol. The SMILES string of the molecule is CC1=C(C(=O)Nc2ccccc2C(F)(F)F)[C@@H](c2ccc(F)cc2)NC(=S)N1. The minimum absolute atomic E-state index is 0.150. The molecule has 9 heteroatoms. The van der Waals surface area contributed by atoms with Crippen LogP contribution in [0.3, 0.4) is 0 Å². The van der Waals surface area contributed by atoms with Crippen LogP contribution in [0.4, 0.5) is 23.2 Å². The van der Waals surface area contributed by atoms with Crippen LogP contribution in [0.5, 0.6) is 0 Å². The highest BCUT2D eigenvalue weighted by Crippen LogP contribution is 2.35. The highest BCUT2D eigenvalue weighted by atomic mass is 32.1. The molecule has 0 aromatic heterocycles. The molecule has 0 saturated carbocycles. The number of carbonyl (C=O) groups is 1. The van der Waals surface area contributed by atoms with Crippen LogP contribution in [0.15, 0.2) is 59.8 Å². The van der Waals surface area contributed by atoms with Crippen LogP contribution in [0.1, 0.15) is 24.1 Å². The quantitative estimate of drug-likeness (QED) is 0.523. The highest BCUT2D eigenvalue weighted by molar-refractivity contribution is 7.80. The van der Waals surface area contributed by atoms with Crippen molar-refractivity contribution < 1.29 is 22.4 Å². The fourth-order valence-electron chi connectivity index (χ4n) is 2.93. The number of carbonyl (C=O) groups excluding carboxylic acids is 1. The molecule has 0 aliphatic carbocycles. The molecule has 0 radical (unpaired) electrons. The number of allylic oxidation sites excluding steroid dienone is 1. The Hall–Kier alpha value is -2.94. The number of anilines is 1. The van der Waals surface area contributed by atoms with Gasteiger partial charge in [0.05, 0.1) is 22.9 Å². The number of amides is 1. The standard InChI is InChI=1S/C19H15F4N3OS/c1-10-15(16(26-18(28)24-10)11-6-8-12(20)9-7-11)17(27)25-14-5-3-2-4-13(14)19(21,22)23/h2-9,16H,1H3,(H,25,27)(H2,24,26,28)/t16-/m1/s1. The van der Waals surface area contributed by atoms with Crippen molar-refractivity contribution in [3.05, 3.63) is 76.7 Å². The molecule has 0 spiro atoms. The van der Waals surface area contributed by atoms with Crippen molar-refractivity contribution >= 4 is 28.9 Å². The summed E-state index contributed by atoms with van der Waals surface area (Å²) >= 11 is 5.11. The average Bonchev–Trinajstić information content (AvgIpc) is 2.61. The molecule has 2 aromatic rings. The topological polar surface area (TPSA) is 53.2 Å². The van der Waals surface area contributed by atoms with Gasteiger partial charge in [-0.15, -0.1) is 0 Å². The summed E-state index contributed by atoms with van der Waals surface area (Å²) in [5.41, 5.74) is -0.227. The number of halogens is 4. The van der Waals surface area contributed by atoms with Crippen LogP contribution in [-0.4, -0.2) is 11.0 Å². The first kappa shape index (κ1) is 19.8. The van der Waals surface area contributed by atoms with E-state index in [1.807, 2.05) is 0 Å². The van der Waals surface area contributed by atoms with Gasteiger partial charge in [0.25, 0.3) is 5.91 Å². The van der Waals surface area contributed by atoms with Crippen molar-refractivity contribution in [2.24, 2.45) is 0 Å². The third-order valence-corrected chi connectivity index (χ3v) is 4.42. The molecule has 1 amide bonds. The van der Waals surface area contributed by atoms with Crippen LogP contribution in [0, 0.1) is 5.82 Å². The normalized spacial score (nSPS) is 17.0. The number of para-hydroxylation sites is 1. The molecule has 146 valence electrons. The van der Waals surface area contributed by atoms with Crippen molar-refractivity contribution in [1.82, 2.24) is 10.6 Å². The van der Waals surface area contributed by atoms with E-state index in [1.165, 1.54) is 42.5 Å². The minimum atomic E-state index is -4.62. The van der Waals surface area contributed by atoms with Gasteiger partial charge in [-0.3, -0.25) is 4.79 Å². The first-order valence-corrected chi connectivity index (χ1v) is 8.59. The molecule has 3 rings (SSSR count). The molecule has 1 aliphatic rings. The fourth-order valence-corrected chi connectivity index (χ4v) is 3.20. The third-order valence-electron chi connectivity index (χ3n) is 4.20. The van der Waals surface area contributed by atoms with Crippen molar-refractivity contribution in [3.8, 4) is 0 Å². The minimum Gasteiger partial charge on any atom is -0.351 e. The molecular weight excluding hydrogens is 394 g/mol. The first-order valence-electron chi connectivity index (χ1n) is 8.18. The number of rotatable bonds is 3. The number of alkyl halides is 3. The van der Waals surface area contributed by atoms with E-state index in [1.54, 1.807) is 6.92 Å². The van der Waals surface area contributed by atoms with Crippen molar-refractivity contribution in [1.29, 1.82) is 0 Å². The molecular formula is C19H15F4N3OS. The smallest absolute Gasteiger partial charge is 0.351 e. The van der Waals surface area contributed by atoms with E-state index in [4.69, 9.17) is 12.2 Å². The Morgan fingerprint density at radius 1 is 1.11 bits per heavy atom. The molecule has 0 fully saturated rings. The molecule has 1 heterocycles. The largest absolute Gasteiger partial charge is 0.418 e. The second-order valence-electron chi connectivity index (χ2n) is 6.12. The molecule has 3 N–H and O–H groups in total. The Bertz CT molecular complexity index is 954. The maximum atomic E-state index is 13.3. The third kappa shape index (κ3) is 4.14. The summed E-state index contributed by atoms with van der Waals surface area (Å²) in [5.74, 6) is -1.18. The van der Waals surface area contributed by atoms with Gasteiger partial charge in [0.2, 0.25) is 0 Å². The zero-order valence-corrected chi connectivity index (χ0v) is 15.3. The zero-order chi connectivity index (χ0) is 20.5.